The first kappa shape index (κ1) is 15.1. The minimum absolute atomic E-state index is 0.333. The van der Waals surface area contributed by atoms with Gasteiger partial charge in [-0.2, -0.15) is 14.6 Å². The number of amides is 1. The smallest absolute Gasteiger partial charge is 0.254 e. The standard InChI is InChI=1S/C18H24N6O/c1-12-10-15(24-18(21-12)19-11-20-24)22-6-8-23(9-7-22)17(25)16-13-4-2-3-5-14(13)16/h10-11,13-14,16H,2-9H2,1H3/t13-,14-/m0/s1. The summed E-state index contributed by atoms with van der Waals surface area (Å²) in [6, 6.07) is 2.05. The van der Waals surface area contributed by atoms with Crippen LogP contribution in [0.25, 0.3) is 5.78 Å². The zero-order valence-electron chi connectivity index (χ0n) is 14.6. The first-order valence-corrected chi connectivity index (χ1v) is 9.43. The molecule has 1 amide bonds. The van der Waals surface area contributed by atoms with Crippen molar-refractivity contribution in [1.82, 2.24) is 24.5 Å². The summed E-state index contributed by atoms with van der Waals surface area (Å²) in [4.78, 5) is 25.9. The zero-order chi connectivity index (χ0) is 17.0. The fourth-order valence-electron chi connectivity index (χ4n) is 4.86. The molecule has 5 rings (SSSR count). The topological polar surface area (TPSA) is 66.6 Å². The van der Waals surface area contributed by atoms with Crippen molar-refractivity contribution in [3.8, 4) is 0 Å². The minimum Gasteiger partial charge on any atom is -0.353 e. The van der Waals surface area contributed by atoms with E-state index in [4.69, 9.17) is 0 Å². The zero-order valence-corrected chi connectivity index (χ0v) is 14.6. The first-order valence-electron chi connectivity index (χ1n) is 9.43. The average molecular weight is 340 g/mol. The number of rotatable bonds is 2. The Morgan fingerprint density at radius 3 is 2.56 bits per heavy atom. The molecule has 7 nitrogen and oxygen atoms in total. The summed E-state index contributed by atoms with van der Waals surface area (Å²) in [5, 5.41) is 4.30. The molecular formula is C18H24N6O. The van der Waals surface area contributed by atoms with Gasteiger partial charge in [-0.05, 0) is 31.6 Å². The fraction of sp³-hybridized carbons (Fsp3) is 0.667. The summed E-state index contributed by atoms with van der Waals surface area (Å²) < 4.78 is 1.79. The van der Waals surface area contributed by atoms with E-state index >= 15 is 0 Å². The van der Waals surface area contributed by atoms with Crippen LogP contribution in [0.1, 0.15) is 31.4 Å². The summed E-state index contributed by atoms with van der Waals surface area (Å²) in [5.74, 6) is 3.78. The number of piperazine rings is 1. The van der Waals surface area contributed by atoms with Crippen LogP contribution in [0.4, 0.5) is 5.82 Å². The van der Waals surface area contributed by atoms with Gasteiger partial charge in [-0.3, -0.25) is 4.79 Å². The van der Waals surface area contributed by atoms with Gasteiger partial charge in [0.1, 0.15) is 12.1 Å². The van der Waals surface area contributed by atoms with Gasteiger partial charge >= 0.3 is 0 Å². The van der Waals surface area contributed by atoms with Crippen molar-refractivity contribution < 1.29 is 4.79 Å². The van der Waals surface area contributed by atoms with E-state index in [-0.39, 0.29) is 0 Å². The van der Waals surface area contributed by atoms with Gasteiger partial charge in [-0.25, -0.2) is 4.98 Å². The second-order valence-corrected chi connectivity index (χ2v) is 7.68. The van der Waals surface area contributed by atoms with Crippen molar-refractivity contribution in [2.75, 3.05) is 31.1 Å². The average Bonchev–Trinajstić information content (AvgIpc) is 3.18. The maximum atomic E-state index is 12.9. The van der Waals surface area contributed by atoms with Gasteiger partial charge in [0.25, 0.3) is 5.78 Å². The molecule has 1 aliphatic heterocycles. The van der Waals surface area contributed by atoms with Gasteiger partial charge in [0.05, 0.1) is 0 Å². The Hall–Kier alpha value is -2.18. The number of carbonyl (C=O) groups is 1. The van der Waals surface area contributed by atoms with E-state index in [9.17, 15) is 4.79 Å². The van der Waals surface area contributed by atoms with Gasteiger partial charge < -0.3 is 9.80 Å². The molecule has 0 spiro atoms. The van der Waals surface area contributed by atoms with Gasteiger partial charge in [0.2, 0.25) is 5.91 Å². The maximum absolute atomic E-state index is 12.9. The number of hydrogen-bond donors (Lipinski definition) is 0. The Kier molecular flexibility index (Phi) is 3.43. The van der Waals surface area contributed by atoms with Crippen LogP contribution in [0.2, 0.25) is 0 Å². The minimum atomic E-state index is 0.333. The number of nitrogens with zero attached hydrogens (tertiary/aromatic N) is 6. The molecular weight excluding hydrogens is 316 g/mol. The van der Waals surface area contributed by atoms with Crippen LogP contribution in [0.3, 0.4) is 0 Å². The second-order valence-electron chi connectivity index (χ2n) is 7.68. The molecule has 3 fully saturated rings. The van der Waals surface area contributed by atoms with E-state index < -0.39 is 0 Å². The number of carbonyl (C=O) groups excluding carboxylic acids is 1. The molecule has 2 saturated carbocycles. The Morgan fingerprint density at radius 2 is 1.84 bits per heavy atom. The molecule has 0 bridgehead atoms. The highest BCUT2D eigenvalue weighted by Gasteiger charge is 2.55. The summed E-state index contributed by atoms with van der Waals surface area (Å²) in [5.41, 5.74) is 0.941. The number of aromatic nitrogens is 4. The quantitative estimate of drug-likeness (QED) is 0.829. The largest absolute Gasteiger partial charge is 0.353 e. The molecule has 132 valence electrons. The van der Waals surface area contributed by atoms with Gasteiger partial charge in [0.15, 0.2) is 0 Å². The highest BCUT2D eigenvalue weighted by Crippen LogP contribution is 2.56. The highest BCUT2D eigenvalue weighted by molar-refractivity contribution is 5.82. The molecule has 0 N–H and O–H groups in total. The third-order valence-electron chi connectivity index (χ3n) is 6.22. The molecule has 0 radical (unpaired) electrons. The van der Waals surface area contributed by atoms with Crippen LogP contribution in [0.5, 0.6) is 0 Å². The van der Waals surface area contributed by atoms with Crippen molar-refractivity contribution in [2.45, 2.75) is 32.6 Å². The summed E-state index contributed by atoms with van der Waals surface area (Å²) in [7, 11) is 0. The molecule has 2 aliphatic carbocycles. The van der Waals surface area contributed by atoms with Gasteiger partial charge in [-0.1, -0.05) is 12.8 Å². The lowest BCUT2D eigenvalue weighted by Crippen LogP contribution is -2.50. The van der Waals surface area contributed by atoms with Crippen LogP contribution in [-0.4, -0.2) is 56.6 Å². The second kappa shape index (κ2) is 5.68. The maximum Gasteiger partial charge on any atom is 0.254 e. The molecule has 0 aromatic carbocycles. The summed E-state index contributed by atoms with van der Waals surface area (Å²) in [6.07, 6.45) is 6.70. The predicted molar refractivity (Wildman–Crippen MR) is 93.3 cm³/mol. The van der Waals surface area contributed by atoms with Crippen LogP contribution < -0.4 is 4.90 Å². The van der Waals surface area contributed by atoms with E-state index in [0.29, 0.717) is 29.4 Å². The number of hydrogen-bond acceptors (Lipinski definition) is 5. The van der Waals surface area contributed by atoms with Crippen LogP contribution in [-0.2, 0) is 4.79 Å². The third kappa shape index (κ3) is 2.48. The van der Waals surface area contributed by atoms with Crippen molar-refractivity contribution >= 4 is 17.5 Å². The van der Waals surface area contributed by atoms with Crippen molar-refractivity contribution in [3.05, 3.63) is 18.1 Å². The number of fused-ring (bicyclic) bond motifs is 2. The molecule has 3 heterocycles. The lowest BCUT2D eigenvalue weighted by atomic mass is 10.0. The Morgan fingerprint density at radius 1 is 1.12 bits per heavy atom. The van der Waals surface area contributed by atoms with E-state index in [1.165, 1.54) is 25.7 Å². The van der Waals surface area contributed by atoms with Gasteiger partial charge in [0, 0.05) is 43.9 Å². The molecule has 2 aromatic rings. The molecule has 0 unspecified atom stereocenters. The van der Waals surface area contributed by atoms with Crippen molar-refractivity contribution in [3.63, 3.8) is 0 Å². The van der Waals surface area contributed by atoms with Crippen LogP contribution >= 0.6 is 0 Å². The third-order valence-corrected chi connectivity index (χ3v) is 6.22. The van der Waals surface area contributed by atoms with Crippen LogP contribution in [0.15, 0.2) is 12.4 Å². The van der Waals surface area contributed by atoms with E-state index in [1.54, 1.807) is 10.8 Å². The van der Waals surface area contributed by atoms with E-state index in [0.717, 1.165) is 37.7 Å². The normalized spacial score (nSPS) is 28.9. The predicted octanol–water partition coefficient (Wildman–Crippen LogP) is 1.52. The van der Waals surface area contributed by atoms with Crippen molar-refractivity contribution in [2.24, 2.45) is 17.8 Å². The van der Waals surface area contributed by atoms with E-state index in [1.807, 2.05) is 6.92 Å². The molecule has 2 aromatic heterocycles. The molecule has 1 saturated heterocycles. The Bertz CT molecular complexity index is 797. The van der Waals surface area contributed by atoms with Crippen LogP contribution in [0, 0.1) is 24.7 Å². The molecule has 3 aliphatic rings. The lowest BCUT2D eigenvalue weighted by molar-refractivity contribution is -0.133. The number of anilines is 1. The summed E-state index contributed by atoms with van der Waals surface area (Å²) >= 11 is 0. The Labute approximate surface area is 147 Å². The lowest BCUT2D eigenvalue weighted by Gasteiger charge is -2.36. The molecule has 2 atom stereocenters. The first-order chi connectivity index (χ1) is 12.2. The molecule has 7 heteroatoms. The Balaban J connectivity index is 1.28. The van der Waals surface area contributed by atoms with E-state index in [2.05, 4.69) is 30.9 Å². The number of aryl methyl sites for hydroxylation is 1. The van der Waals surface area contributed by atoms with Gasteiger partial charge in [-0.15, -0.1) is 0 Å². The monoisotopic (exact) mass is 340 g/mol. The SMILES string of the molecule is Cc1cc(N2CCN(C(=O)C3[C@H]4CCCC[C@H]34)CC2)n2ncnc2n1. The molecule has 25 heavy (non-hydrogen) atoms. The summed E-state index contributed by atoms with van der Waals surface area (Å²) in [6.45, 7) is 5.25. The fourth-order valence-corrected chi connectivity index (χ4v) is 4.86. The highest BCUT2D eigenvalue weighted by atomic mass is 16.2. The van der Waals surface area contributed by atoms with Crippen molar-refractivity contribution in [1.29, 1.82) is 0 Å².